The van der Waals surface area contributed by atoms with Crippen molar-refractivity contribution >= 4 is 21.8 Å². The topological polar surface area (TPSA) is 41.1 Å². The van der Waals surface area contributed by atoms with Gasteiger partial charge in [0.05, 0.1) is 12.1 Å². The summed E-state index contributed by atoms with van der Waals surface area (Å²) in [5, 5.41) is 6.48. The molecule has 1 amide bonds. The highest BCUT2D eigenvalue weighted by molar-refractivity contribution is 9.10. The quantitative estimate of drug-likeness (QED) is 0.886. The van der Waals surface area contributed by atoms with E-state index in [1.165, 1.54) is 0 Å². The van der Waals surface area contributed by atoms with Crippen molar-refractivity contribution < 1.29 is 4.79 Å². The average Bonchev–Trinajstić information content (AvgIpc) is 2.38. The molecule has 4 heteroatoms. The molecule has 0 aliphatic carbocycles. The number of carbonyl (C=O) groups excluding carboxylic acids is 1. The van der Waals surface area contributed by atoms with Crippen LogP contribution in [0.5, 0.6) is 0 Å². The number of piperidine rings is 1. The normalized spacial score (nSPS) is 23.1. The lowest BCUT2D eigenvalue weighted by Crippen LogP contribution is -2.55. The van der Waals surface area contributed by atoms with E-state index in [-0.39, 0.29) is 23.4 Å². The van der Waals surface area contributed by atoms with E-state index >= 15 is 0 Å². The maximum absolute atomic E-state index is 12.5. The van der Waals surface area contributed by atoms with Gasteiger partial charge in [0.25, 0.3) is 0 Å². The molecule has 1 aromatic carbocycles. The summed E-state index contributed by atoms with van der Waals surface area (Å²) in [6, 6.07) is 7.99. The summed E-state index contributed by atoms with van der Waals surface area (Å²) in [6.07, 6.45) is 2.23. The van der Waals surface area contributed by atoms with Crippen LogP contribution < -0.4 is 10.6 Å². The average molecular weight is 339 g/mol. The second-order valence-electron chi connectivity index (χ2n) is 6.26. The molecule has 0 bridgehead atoms. The highest BCUT2D eigenvalue weighted by Gasteiger charge is 2.37. The molecule has 2 N–H and O–H groups in total. The third-order valence-corrected chi connectivity index (χ3v) is 4.65. The number of nitrogens with one attached hydrogen (secondary N) is 2. The Kier molecular flexibility index (Phi) is 4.86. The molecule has 0 radical (unpaired) electrons. The maximum Gasteiger partial charge on any atom is 0.238 e. The third kappa shape index (κ3) is 3.61. The van der Waals surface area contributed by atoms with E-state index in [0.717, 1.165) is 29.4 Å². The van der Waals surface area contributed by atoms with Crippen molar-refractivity contribution in [2.45, 2.75) is 45.7 Å². The van der Waals surface area contributed by atoms with E-state index in [1.807, 2.05) is 31.2 Å². The predicted molar refractivity (Wildman–Crippen MR) is 85.5 cm³/mol. The fraction of sp³-hybridized carbons (Fsp3) is 0.562. The van der Waals surface area contributed by atoms with Crippen LogP contribution in [-0.2, 0) is 4.79 Å². The largest absolute Gasteiger partial charge is 0.348 e. The van der Waals surface area contributed by atoms with Crippen LogP contribution in [0.1, 0.15) is 45.2 Å². The summed E-state index contributed by atoms with van der Waals surface area (Å²) in [6.45, 7) is 7.27. The standard InChI is InChI=1S/C16H23BrN2O/c1-11(12-5-7-13(17)8-6-12)19-15(20)14-16(2,3)9-4-10-18-14/h5-8,11,14,18H,4,9-10H2,1-3H3,(H,19,20)/t11-,14?/m1/s1. The van der Waals surface area contributed by atoms with Crippen LogP contribution in [0.25, 0.3) is 0 Å². The van der Waals surface area contributed by atoms with Crippen LogP contribution in [0.4, 0.5) is 0 Å². The summed E-state index contributed by atoms with van der Waals surface area (Å²) in [7, 11) is 0. The van der Waals surface area contributed by atoms with Gasteiger partial charge < -0.3 is 10.6 Å². The van der Waals surface area contributed by atoms with Crippen LogP contribution in [0.2, 0.25) is 0 Å². The van der Waals surface area contributed by atoms with Crippen molar-refractivity contribution in [1.82, 2.24) is 10.6 Å². The second-order valence-corrected chi connectivity index (χ2v) is 7.18. The van der Waals surface area contributed by atoms with E-state index < -0.39 is 0 Å². The molecule has 2 atom stereocenters. The number of amides is 1. The zero-order valence-electron chi connectivity index (χ0n) is 12.4. The Labute approximate surface area is 129 Å². The molecule has 0 spiro atoms. The van der Waals surface area contributed by atoms with Gasteiger partial charge in [0.2, 0.25) is 5.91 Å². The molecule has 0 saturated carbocycles. The molecule has 20 heavy (non-hydrogen) atoms. The lowest BCUT2D eigenvalue weighted by molar-refractivity contribution is -0.127. The number of halogens is 1. The van der Waals surface area contributed by atoms with Gasteiger partial charge in [-0.25, -0.2) is 0 Å². The smallest absolute Gasteiger partial charge is 0.238 e. The van der Waals surface area contributed by atoms with Crippen molar-refractivity contribution in [3.05, 3.63) is 34.3 Å². The Balaban J connectivity index is 2.01. The molecule has 1 aromatic rings. The van der Waals surface area contributed by atoms with Crippen LogP contribution >= 0.6 is 15.9 Å². The Morgan fingerprint density at radius 1 is 1.40 bits per heavy atom. The Morgan fingerprint density at radius 3 is 2.65 bits per heavy atom. The van der Waals surface area contributed by atoms with Gasteiger partial charge >= 0.3 is 0 Å². The number of rotatable bonds is 3. The molecular weight excluding hydrogens is 316 g/mol. The van der Waals surface area contributed by atoms with Gasteiger partial charge in [-0.15, -0.1) is 0 Å². The first-order valence-electron chi connectivity index (χ1n) is 7.19. The molecule has 1 fully saturated rings. The van der Waals surface area contributed by atoms with Crippen molar-refractivity contribution in [3.8, 4) is 0 Å². The van der Waals surface area contributed by atoms with E-state index in [4.69, 9.17) is 0 Å². The first kappa shape index (κ1) is 15.5. The van der Waals surface area contributed by atoms with Crippen LogP contribution in [0.3, 0.4) is 0 Å². The second kappa shape index (κ2) is 6.27. The first-order valence-corrected chi connectivity index (χ1v) is 7.99. The number of hydrogen-bond acceptors (Lipinski definition) is 2. The molecule has 2 rings (SSSR count). The fourth-order valence-corrected chi connectivity index (χ4v) is 3.05. The van der Waals surface area contributed by atoms with Gasteiger partial charge in [0.1, 0.15) is 0 Å². The van der Waals surface area contributed by atoms with Gasteiger partial charge in [-0.3, -0.25) is 4.79 Å². The third-order valence-electron chi connectivity index (χ3n) is 4.12. The van der Waals surface area contributed by atoms with Crippen molar-refractivity contribution in [3.63, 3.8) is 0 Å². The zero-order chi connectivity index (χ0) is 14.8. The Hall–Kier alpha value is -0.870. The van der Waals surface area contributed by atoms with Gasteiger partial charge in [0, 0.05) is 4.47 Å². The van der Waals surface area contributed by atoms with Crippen LogP contribution in [-0.4, -0.2) is 18.5 Å². The van der Waals surface area contributed by atoms with Gasteiger partial charge in [-0.05, 0) is 49.4 Å². The maximum atomic E-state index is 12.5. The molecule has 0 aromatic heterocycles. The fourth-order valence-electron chi connectivity index (χ4n) is 2.79. The minimum atomic E-state index is -0.103. The Morgan fingerprint density at radius 2 is 2.05 bits per heavy atom. The van der Waals surface area contributed by atoms with E-state index in [2.05, 4.69) is 40.4 Å². The minimum Gasteiger partial charge on any atom is -0.348 e. The SMILES string of the molecule is C[C@@H](NC(=O)C1NCCCC1(C)C)c1ccc(Br)cc1. The lowest BCUT2D eigenvalue weighted by atomic mass is 9.77. The first-order chi connectivity index (χ1) is 9.40. The van der Waals surface area contributed by atoms with E-state index in [1.54, 1.807) is 0 Å². The van der Waals surface area contributed by atoms with Crippen molar-refractivity contribution in [2.24, 2.45) is 5.41 Å². The molecule has 1 aliphatic heterocycles. The predicted octanol–water partition coefficient (Wildman–Crippen LogP) is 3.40. The monoisotopic (exact) mass is 338 g/mol. The molecule has 3 nitrogen and oxygen atoms in total. The molecule has 1 aliphatic rings. The van der Waals surface area contributed by atoms with E-state index in [0.29, 0.717) is 0 Å². The van der Waals surface area contributed by atoms with Crippen molar-refractivity contribution in [2.75, 3.05) is 6.54 Å². The lowest BCUT2D eigenvalue weighted by Gasteiger charge is -2.38. The van der Waals surface area contributed by atoms with Crippen molar-refractivity contribution in [1.29, 1.82) is 0 Å². The van der Waals surface area contributed by atoms with Crippen LogP contribution in [0.15, 0.2) is 28.7 Å². The summed E-state index contributed by atoms with van der Waals surface area (Å²) >= 11 is 3.43. The van der Waals surface area contributed by atoms with Gasteiger partial charge in [-0.2, -0.15) is 0 Å². The summed E-state index contributed by atoms with van der Waals surface area (Å²) < 4.78 is 1.05. The summed E-state index contributed by atoms with van der Waals surface area (Å²) in [5.41, 5.74) is 1.14. The molecule has 1 heterocycles. The highest BCUT2D eigenvalue weighted by atomic mass is 79.9. The number of hydrogen-bond donors (Lipinski definition) is 2. The van der Waals surface area contributed by atoms with Gasteiger partial charge in [0.15, 0.2) is 0 Å². The summed E-state index contributed by atoms with van der Waals surface area (Å²) in [5.74, 6) is 0.102. The molecule has 1 saturated heterocycles. The number of benzene rings is 1. The Bertz CT molecular complexity index is 470. The highest BCUT2D eigenvalue weighted by Crippen LogP contribution is 2.30. The summed E-state index contributed by atoms with van der Waals surface area (Å²) in [4.78, 5) is 12.5. The molecular formula is C16H23BrN2O. The molecule has 1 unspecified atom stereocenters. The number of carbonyl (C=O) groups is 1. The van der Waals surface area contributed by atoms with E-state index in [9.17, 15) is 4.79 Å². The molecule has 110 valence electrons. The minimum absolute atomic E-state index is 0.0156. The zero-order valence-corrected chi connectivity index (χ0v) is 14.0. The van der Waals surface area contributed by atoms with Crippen LogP contribution in [0, 0.1) is 5.41 Å². The van der Waals surface area contributed by atoms with Gasteiger partial charge in [-0.1, -0.05) is 41.9 Å².